The normalized spacial score (nSPS) is 14.7. The van der Waals surface area contributed by atoms with Crippen LogP contribution in [0.4, 0.5) is 5.69 Å². The number of benzene rings is 2. The maximum atomic E-state index is 12.7. The number of halogens is 1. The summed E-state index contributed by atoms with van der Waals surface area (Å²) in [5.41, 5.74) is 2.66. The maximum Gasteiger partial charge on any atom is 0.240 e. The summed E-state index contributed by atoms with van der Waals surface area (Å²) in [4.78, 5) is 25.3. The molecule has 0 bridgehead atoms. The van der Waals surface area contributed by atoms with Crippen molar-refractivity contribution in [2.24, 2.45) is 5.41 Å². The molecule has 1 aliphatic rings. The highest BCUT2D eigenvalue weighted by atomic mass is 35.5. The molecule has 2 aromatic rings. The van der Waals surface area contributed by atoms with Gasteiger partial charge in [-0.05, 0) is 55.5 Å². The molecule has 2 aromatic carbocycles. The van der Waals surface area contributed by atoms with Crippen LogP contribution in [0.3, 0.4) is 0 Å². The number of hydrogen-bond acceptors (Lipinski definition) is 2. The third kappa shape index (κ3) is 3.54. The summed E-state index contributed by atoms with van der Waals surface area (Å²) >= 11 is 6.09. The molecule has 0 aromatic heterocycles. The van der Waals surface area contributed by atoms with Gasteiger partial charge in [-0.15, -0.1) is 0 Å². The van der Waals surface area contributed by atoms with Gasteiger partial charge in [-0.3, -0.25) is 9.59 Å². The lowest BCUT2D eigenvalue weighted by Gasteiger charge is -2.17. The zero-order valence-electron chi connectivity index (χ0n) is 14.4. The number of hydrogen-bond donors (Lipinski definition) is 2. The van der Waals surface area contributed by atoms with Gasteiger partial charge >= 0.3 is 0 Å². The summed E-state index contributed by atoms with van der Waals surface area (Å²) in [5.74, 6) is -0.479. The monoisotopic (exact) mass is 356 g/mol. The molecule has 0 heterocycles. The van der Waals surface area contributed by atoms with Gasteiger partial charge in [0.2, 0.25) is 11.8 Å². The fourth-order valence-electron chi connectivity index (χ4n) is 2.82. The molecule has 0 radical (unpaired) electrons. The first-order chi connectivity index (χ1) is 11.9. The predicted molar refractivity (Wildman–Crippen MR) is 99.5 cm³/mol. The molecule has 0 atom stereocenters. The highest BCUT2D eigenvalue weighted by Gasteiger charge is 2.56. The maximum absolute atomic E-state index is 12.7. The van der Waals surface area contributed by atoms with Gasteiger partial charge < -0.3 is 10.6 Å². The Kier molecular flexibility index (Phi) is 4.82. The van der Waals surface area contributed by atoms with Crippen molar-refractivity contribution in [1.82, 2.24) is 5.32 Å². The topological polar surface area (TPSA) is 58.2 Å². The zero-order chi connectivity index (χ0) is 18.0. The Morgan fingerprint density at radius 3 is 2.44 bits per heavy atom. The van der Waals surface area contributed by atoms with Gasteiger partial charge in [0.05, 0.1) is 0 Å². The van der Waals surface area contributed by atoms with Crippen LogP contribution >= 0.6 is 11.6 Å². The molecule has 2 amide bonds. The van der Waals surface area contributed by atoms with Crippen LogP contribution in [-0.4, -0.2) is 11.8 Å². The van der Waals surface area contributed by atoms with Crippen LogP contribution in [-0.2, 0) is 16.1 Å². The van der Waals surface area contributed by atoms with Crippen molar-refractivity contribution < 1.29 is 9.59 Å². The molecule has 130 valence electrons. The van der Waals surface area contributed by atoms with E-state index in [1.165, 1.54) is 0 Å². The van der Waals surface area contributed by atoms with Crippen molar-refractivity contribution in [2.75, 3.05) is 5.32 Å². The molecule has 1 saturated carbocycles. The number of nitrogens with one attached hydrogen (secondary N) is 2. The standard InChI is InChI=1S/C20H21ClN2O2/c1-13-6-3-4-7-15(13)12-22-18(24)20(10-11-20)19(25)23-17-9-5-8-16(21)14(17)2/h3-9H,10-12H2,1-2H3,(H,22,24)(H,23,25). The van der Waals surface area contributed by atoms with Crippen molar-refractivity contribution in [1.29, 1.82) is 0 Å². The Hall–Kier alpha value is -2.33. The molecule has 2 N–H and O–H groups in total. The van der Waals surface area contributed by atoms with Gasteiger partial charge in [0.1, 0.15) is 5.41 Å². The Labute approximate surface area is 152 Å². The Balaban J connectivity index is 1.67. The third-order valence-corrected chi connectivity index (χ3v) is 5.25. The predicted octanol–water partition coefficient (Wildman–Crippen LogP) is 3.99. The summed E-state index contributed by atoms with van der Waals surface area (Å²) in [6.07, 6.45) is 1.14. The molecule has 0 spiro atoms. The smallest absolute Gasteiger partial charge is 0.240 e. The minimum atomic E-state index is -0.961. The Morgan fingerprint density at radius 2 is 1.76 bits per heavy atom. The summed E-state index contributed by atoms with van der Waals surface area (Å²) in [5, 5.41) is 6.36. The highest BCUT2D eigenvalue weighted by Crippen LogP contribution is 2.47. The first kappa shape index (κ1) is 17.5. The van der Waals surface area contributed by atoms with Gasteiger partial charge in [-0.2, -0.15) is 0 Å². The van der Waals surface area contributed by atoms with Crippen LogP contribution in [0.25, 0.3) is 0 Å². The molecule has 0 saturated heterocycles. The average Bonchev–Trinajstić information content (AvgIpc) is 3.40. The molecular weight excluding hydrogens is 336 g/mol. The second kappa shape index (κ2) is 6.89. The molecular formula is C20H21ClN2O2. The Bertz CT molecular complexity index is 828. The second-order valence-electron chi connectivity index (χ2n) is 6.56. The van der Waals surface area contributed by atoms with Gasteiger partial charge in [-0.25, -0.2) is 0 Å². The van der Waals surface area contributed by atoms with Gasteiger partial charge in [0.25, 0.3) is 0 Å². The fraction of sp³-hybridized carbons (Fsp3) is 0.300. The van der Waals surface area contributed by atoms with Crippen LogP contribution in [0.5, 0.6) is 0 Å². The highest BCUT2D eigenvalue weighted by molar-refractivity contribution is 6.31. The zero-order valence-corrected chi connectivity index (χ0v) is 15.1. The van der Waals surface area contributed by atoms with E-state index in [1.54, 1.807) is 18.2 Å². The first-order valence-electron chi connectivity index (χ1n) is 8.33. The van der Waals surface area contributed by atoms with E-state index in [4.69, 9.17) is 11.6 Å². The number of carbonyl (C=O) groups is 2. The van der Waals surface area contributed by atoms with E-state index in [0.717, 1.165) is 16.7 Å². The molecule has 1 aliphatic carbocycles. The fourth-order valence-corrected chi connectivity index (χ4v) is 2.99. The molecule has 0 aliphatic heterocycles. The number of rotatable bonds is 5. The largest absolute Gasteiger partial charge is 0.351 e. The SMILES string of the molecule is Cc1ccccc1CNC(=O)C1(C(=O)Nc2cccc(Cl)c2C)CC1. The first-order valence-corrected chi connectivity index (χ1v) is 8.71. The van der Waals surface area contributed by atoms with E-state index in [9.17, 15) is 9.59 Å². The van der Waals surface area contributed by atoms with Crippen molar-refractivity contribution in [3.05, 3.63) is 64.2 Å². The van der Waals surface area contributed by atoms with Crippen LogP contribution in [0.1, 0.15) is 29.5 Å². The van der Waals surface area contributed by atoms with Crippen molar-refractivity contribution in [3.8, 4) is 0 Å². The molecule has 5 heteroatoms. The molecule has 4 nitrogen and oxygen atoms in total. The average molecular weight is 357 g/mol. The number of aryl methyl sites for hydroxylation is 1. The molecule has 25 heavy (non-hydrogen) atoms. The molecule has 3 rings (SSSR count). The van der Waals surface area contributed by atoms with Crippen LogP contribution < -0.4 is 10.6 Å². The van der Waals surface area contributed by atoms with Crippen molar-refractivity contribution >= 4 is 29.1 Å². The minimum Gasteiger partial charge on any atom is -0.351 e. The number of carbonyl (C=O) groups excluding carboxylic acids is 2. The van der Waals surface area contributed by atoms with Crippen molar-refractivity contribution in [2.45, 2.75) is 33.2 Å². The summed E-state index contributed by atoms with van der Waals surface area (Å²) in [7, 11) is 0. The lowest BCUT2D eigenvalue weighted by Crippen LogP contribution is -2.39. The van der Waals surface area contributed by atoms with E-state index in [1.807, 2.05) is 38.1 Å². The molecule has 0 unspecified atom stereocenters. The quantitative estimate of drug-likeness (QED) is 0.796. The molecule has 1 fully saturated rings. The van der Waals surface area contributed by atoms with E-state index in [2.05, 4.69) is 10.6 Å². The second-order valence-corrected chi connectivity index (χ2v) is 6.96. The van der Waals surface area contributed by atoms with E-state index in [-0.39, 0.29) is 11.8 Å². The number of amides is 2. The summed E-state index contributed by atoms with van der Waals surface area (Å²) in [6.45, 7) is 4.27. The Morgan fingerprint density at radius 1 is 1.04 bits per heavy atom. The lowest BCUT2D eigenvalue weighted by atomic mass is 10.0. The van der Waals surface area contributed by atoms with Gasteiger partial charge in [-0.1, -0.05) is 41.9 Å². The van der Waals surface area contributed by atoms with Crippen LogP contribution in [0, 0.1) is 19.3 Å². The van der Waals surface area contributed by atoms with E-state index in [0.29, 0.717) is 30.1 Å². The minimum absolute atomic E-state index is 0.215. The van der Waals surface area contributed by atoms with Crippen LogP contribution in [0.15, 0.2) is 42.5 Å². The lowest BCUT2D eigenvalue weighted by molar-refractivity contribution is -0.134. The van der Waals surface area contributed by atoms with Gasteiger partial charge in [0.15, 0.2) is 0 Å². The number of anilines is 1. The van der Waals surface area contributed by atoms with E-state index >= 15 is 0 Å². The van der Waals surface area contributed by atoms with E-state index < -0.39 is 5.41 Å². The third-order valence-electron chi connectivity index (χ3n) is 4.84. The summed E-state index contributed by atoms with van der Waals surface area (Å²) in [6, 6.07) is 13.2. The van der Waals surface area contributed by atoms with Crippen molar-refractivity contribution in [3.63, 3.8) is 0 Å². The van der Waals surface area contributed by atoms with Gasteiger partial charge in [0, 0.05) is 17.3 Å². The van der Waals surface area contributed by atoms with Crippen LogP contribution in [0.2, 0.25) is 5.02 Å². The summed E-state index contributed by atoms with van der Waals surface area (Å²) < 4.78 is 0.